The number of carboxylic acids is 2. The molecule has 0 amide bonds. The fraction of sp³-hybridized carbons (Fsp3) is 0.500. The van der Waals surface area contributed by atoms with Crippen molar-refractivity contribution >= 4 is 17.5 Å². The zero-order chi connectivity index (χ0) is 15.0. The SMILES string of the molecule is CCCc1noc(C2=CCCNC2)n1.O=C(O)C(=O)O. The molecule has 0 aromatic carbocycles. The summed E-state index contributed by atoms with van der Waals surface area (Å²) in [5, 5.41) is 22.0. The summed E-state index contributed by atoms with van der Waals surface area (Å²) in [4.78, 5) is 22.5. The molecule has 0 saturated carbocycles. The molecule has 1 aromatic heterocycles. The van der Waals surface area contributed by atoms with Crippen molar-refractivity contribution in [3.05, 3.63) is 17.8 Å². The minimum absolute atomic E-state index is 0.681. The Labute approximate surface area is 115 Å². The topological polar surface area (TPSA) is 126 Å². The van der Waals surface area contributed by atoms with Crippen LogP contribution in [0.1, 0.15) is 31.5 Å². The maximum Gasteiger partial charge on any atom is 0.414 e. The fourth-order valence-corrected chi connectivity index (χ4v) is 1.52. The van der Waals surface area contributed by atoms with E-state index in [9.17, 15) is 0 Å². The van der Waals surface area contributed by atoms with Crippen molar-refractivity contribution in [2.24, 2.45) is 0 Å². The van der Waals surface area contributed by atoms with Gasteiger partial charge in [-0.1, -0.05) is 18.2 Å². The molecule has 8 heteroatoms. The standard InChI is InChI=1S/C10H15N3O.C2H2O4/c1-2-4-9-12-10(14-13-9)8-5-3-6-11-7-8;3-1(4)2(5)6/h5,11H,2-4,6-7H2,1H3;(H,3,4)(H,5,6). The number of hydrogen-bond acceptors (Lipinski definition) is 6. The number of aromatic nitrogens is 2. The largest absolute Gasteiger partial charge is 0.473 e. The van der Waals surface area contributed by atoms with Crippen LogP contribution in [0.25, 0.3) is 5.57 Å². The summed E-state index contributed by atoms with van der Waals surface area (Å²) in [6.07, 6.45) is 5.15. The molecular formula is C12H17N3O5. The number of carboxylic acid groups (broad SMARTS) is 2. The first-order valence-corrected chi connectivity index (χ1v) is 6.23. The lowest BCUT2D eigenvalue weighted by Gasteiger charge is -2.09. The second-order valence-corrected chi connectivity index (χ2v) is 4.07. The predicted octanol–water partition coefficient (Wildman–Crippen LogP) is 0.554. The molecule has 0 atom stereocenters. The van der Waals surface area contributed by atoms with Crippen LogP contribution < -0.4 is 5.32 Å². The average Bonchev–Trinajstić information content (AvgIpc) is 2.89. The summed E-state index contributed by atoms with van der Waals surface area (Å²) in [5.41, 5.74) is 1.13. The van der Waals surface area contributed by atoms with E-state index >= 15 is 0 Å². The summed E-state index contributed by atoms with van der Waals surface area (Å²) < 4.78 is 5.19. The molecule has 3 N–H and O–H groups in total. The number of rotatable bonds is 3. The van der Waals surface area contributed by atoms with E-state index in [0.717, 1.165) is 43.7 Å². The third-order valence-corrected chi connectivity index (χ3v) is 2.43. The average molecular weight is 283 g/mol. The van der Waals surface area contributed by atoms with E-state index in [1.165, 1.54) is 0 Å². The van der Waals surface area contributed by atoms with Gasteiger partial charge in [0.05, 0.1) is 0 Å². The number of carbonyl (C=O) groups is 2. The van der Waals surface area contributed by atoms with Gasteiger partial charge in [-0.3, -0.25) is 0 Å². The van der Waals surface area contributed by atoms with Crippen LogP contribution in [0.2, 0.25) is 0 Å². The third kappa shape index (κ3) is 5.19. The Hall–Kier alpha value is -2.22. The van der Waals surface area contributed by atoms with E-state index in [1.807, 2.05) is 0 Å². The Bertz CT molecular complexity index is 483. The molecule has 2 rings (SSSR count). The van der Waals surface area contributed by atoms with Gasteiger partial charge >= 0.3 is 11.9 Å². The molecule has 0 bridgehead atoms. The number of nitrogens with zero attached hydrogens (tertiary/aromatic N) is 2. The van der Waals surface area contributed by atoms with Crippen LogP contribution in [-0.2, 0) is 16.0 Å². The minimum atomic E-state index is -1.82. The molecule has 1 aliphatic heterocycles. The quantitative estimate of drug-likeness (QED) is 0.687. The molecule has 0 spiro atoms. The van der Waals surface area contributed by atoms with Crippen molar-refractivity contribution in [1.82, 2.24) is 15.5 Å². The molecule has 1 aliphatic rings. The summed E-state index contributed by atoms with van der Waals surface area (Å²) in [6, 6.07) is 0. The zero-order valence-electron chi connectivity index (χ0n) is 11.1. The van der Waals surface area contributed by atoms with Gasteiger partial charge in [0.1, 0.15) is 0 Å². The van der Waals surface area contributed by atoms with Crippen molar-refractivity contribution in [2.75, 3.05) is 13.1 Å². The number of nitrogens with one attached hydrogen (secondary N) is 1. The van der Waals surface area contributed by atoms with Gasteiger partial charge in [0.25, 0.3) is 5.89 Å². The molecule has 1 aromatic rings. The molecule has 2 heterocycles. The Morgan fingerprint density at radius 1 is 1.40 bits per heavy atom. The van der Waals surface area contributed by atoms with Crippen LogP contribution in [0.3, 0.4) is 0 Å². The van der Waals surface area contributed by atoms with Crippen LogP contribution in [0, 0.1) is 0 Å². The highest BCUT2D eigenvalue weighted by Gasteiger charge is 2.12. The third-order valence-electron chi connectivity index (χ3n) is 2.43. The van der Waals surface area contributed by atoms with E-state index in [4.69, 9.17) is 24.3 Å². The molecule has 20 heavy (non-hydrogen) atoms. The van der Waals surface area contributed by atoms with Crippen molar-refractivity contribution in [1.29, 1.82) is 0 Å². The van der Waals surface area contributed by atoms with Gasteiger partial charge in [-0.05, 0) is 19.4 Å². The molecular weight excluding hydrogens is 266 g/mol. The van der Waals surface area contributed by atoms with Gasteiger partial charge in [0.15, 0.2) is 5.82 Å². The van der Waals surface area contributed by atoms with E-state index in [2.05, 4.69) is 28.5 Å². The number of hydrogen-bond donors (Lipinski definition) is 3. The first kappa shape index (κ1) is 15.8. The normalized spacial score (nSPS) is 13.9. The summed E-state index contributed by atoms with van der Waals surface area (Å²) in [6.45, 7) is 3.99. The van der Waals surface area contributed by atoms with E-state index in [-0.39, 0.29) is 0 Å². The van der Waals surface area contributed by atoms with Crippen LogP contribution in [0.15, 0.2) is 10.6 Å². The van der Waals surface area contributed by atoms with E-state index in [0.29, 0.717) is 5.89 Å². The summed E-state index contributed by atoms with van der Waals surface area (Å²) in [7, 11) is 0. The van der Waals surface area contributed by atoms with Crippen LogP contribution in [-0.4, -0.2) is 45.4 Å². The lowest BCUT2D eigenvalue weighted by atomic mass is 10.1. The molecule has 8 nitrogen and oxygen atoms in total. The van der Waals surface area contributed by atoms with Gasteiger partial charge in [-0.15, -0.1) is 0 Å². The predicted molar refractivity (Wildman–Crippen MR) is 69.0 cm³/mol. The van der Waals surface area contributed by atoms with E-state index in [1.54, 1.807) is 0 Å². The van der Waals surface area contributed by atoms with Crippen LogP contribution in [0.4, 0.5) is 0 Å². The maximum absolute atomic E-state index is 9.10. The van der Waals surface area contributed by atoms with Gasteiger partial charge in [-0.25, -0.2) is 9.59 Å². The van der Waals surface area contributed by atoms with Crippen molar-refractivity contribution < 1.29 is 24.3 Å². The van der Waals surface area contributed by atoms with Gasteiger partial charge < -0.3 is 20.1 Å². The first-order valence-electron chi connectivity index (χ1n) is 6.23. The highest BCUT2D eigenvalue weighted by molar-refractivity contribution is 6.27. The minimum Gasteiger partial charge on any atom is -0.473 e. The summed E-state index contributed by atoms with van der Waals surface area (Å²) in [5.74, 6) is -2.15. The smallest absolute Gasteiger partial charge is 0.414 e. The highest BCUT2D eigenvalue weighted by atomic mass is 16.5. The molecule has 110 valence electrons. The van der Waals surface area contributed by atoms with Gasteiger partial charge in [0.2, 0.25) is 0 Å². The Kier molecular flexibility index (Phi) is 6.38. The monoisotopic (exact) mass is 283 g/mol. The first-order chi connectivity index (χ1) is 9.54. The van der Waals surface area contributed by atoms with Crippen LogP contribution >= 0.6 is 0 Å². The molecule has 0 unspecified atom stereocenters. The number of aryl methyl sites for hydroxylation is 1. The van der Waals surface area contributed by atoms with Crippen molar-refractivity contribution in [3.63, 3.8) is 0 Å². The van der Waals surface area contributed by atoms with Crippen molar-refractivity contribution in [2.45, 2.75) is 26.2 Å². The fourth-order valence-electron chi connectivity index (χ4n) is 1.52. The Morgan fingerprint density at radius 3 is 2.60 bits per heavy atom. The second kappa shape index (κ2) is 8.05. The Morgan fingerprint density at radius 2 is 2.10 bits per heavy atom. The molecule has 0 aliphatic carbocycles. The molecule has 0 fully saturated rings. The maximum atomic E-state index is 9.10. The van der Waals surface area contributed by atoms with E-state index < -0.39 is 11.9 Å². The van der Waals surface area contributed by atoms with Crippen LogP contribution in [0.5, 0.6) is 0 Å². The molecule has 0 radical (unpaired) electrons. The second-order valence-electron chi connectivity index (χ2n) is 4.07. The highest BCUT2D eigenvalue weighted by Crippen LogP contribution is 2.14. The molecule has 0 saturated heterocycles. The Balaban J connectivity index is 0.000000286. The van der Waals surface area contributed by atoms with Crippen molar-refractivity contribution in [3.8, 4) is 0 Å². The summed E-state index contributed by atoms with van der Waals surface area (Å²) >= 11 is 0. The lowest BCUT2D eigenvalue weighted by molar-refractivity contribution is -0.159. The zero-order valence-corrected chi connectivity index (χ0v) is 11.1. The lowest BCUT2D eigenvalue weighted by Crippen LogP contribution is -2.21. The van der Waals surface area contributed by atoms with Gasteiger partial charge in [0, 0.05) is 18.5 Å². The number of aliphatic carboxylic acids is 2. The van der Waals surface area contributed by atoms with Gasteiger partial charge in [-0.2, -0.15) is 4.98 Å².